The van der Waals surface area contributed by atoms with E-state index in [4.69, 9.17) is 0 Å². The zero-order chi connectivity index (χ0) is 15.3. The molecule has 0 amide bonds. The fourth-order valence-corrected chi connectivity index (χ4v) is 2.26. The standard InChI is InChI=1S/C13H15F3N2O2/c1-8-12(2,3)18(20)11(17(8)19)9-6-4-5-7-10(9)13(14,15)16/h4-7,11,20H,1-3H3/t11-/m1/s1. The lowest BCUT2D eigenvalue weighted by Gasteiger charge is -2.26. The minimum atomic E-state index is -4.58. The number of alkyl halides is 3. The van der Waals surface area contributed by atoms with Crippen LogP contribution in [0.1, 0.15) is 38.1 Å². The Morgan fingerprint density at radius 2 is 1.85 bits per heavy atom. The average Bonchev–Trinajstić information content (AvgIpc) is 2.50. The van der Waals surface area contributed by atoms with Crippen LogP contribution in [0.3, 0.4) is 0 Å². The van der Waals surface area contributed by atoms with Crippen molar-refractivity contribution < 1.29 is 23.1 Å². The van der Waals surface area contributed by atoms with Crippen molar-refractivity contribution >= 4 is 5.71 Å². The molecule has 0 saturated carbocycles. The summed E-state index contributed by atoms with van der Waals surface area (Å²) in [6, 6.07) is 4.76. The van der Waals surface area contributed by atoms with Gasteiger partial charge in [0.1, 0.15) is 5.54 Å². The van der Waals surface area contributed by atoms with Crippen LogP contribution in [0.5, 0.6) is 0 Å². The predicted octanol–water partition coefficient (Wildman–Crippen LogP) is 3.16. The molecular weight excluding hydrogens is 273 g/mol. The Morgan fingerprint density at radius 3 is 2.30 bits per heavy atom. The minimum absolute atomic E-state index is 0.252. The first-order valence-electron chi connectivity index (χ1n) is 6.03. The third-order valence-electron chi connectivity index (χ3n) is 3.79. The molecule has 1 atom stereocenters. The van der Waals surface area contributed by atoms with E-state index in [0.29, 0.717) is 9.80 Å². The summed E-state index contributed by atoms with van der Waals surface area (Å²) in [5, 5.41) is 22.9. The van der Waals surface area contributed by atoms with Crippen LogP contribution in [0.2, 0.25) is 0 Å². The number of nitrogens with zero attached hydrogens (tertiary/aromatic N) is 2. The molecule has 1 aliphatic rings. The Morgan fingerprint density at radius 1 is 1.30 bits per heavy atom. The van der Waals surface area contributed by atoms with E-state index in [-0.39, 0.29) is 11.3 Å². The van der Waals surface area contributed by atoms with Gasteiger partial charge in [-0.05, 0) is 19.9 Å². The van der Waals surface area contributed by atoms with E-state index < -0.39 is 23.4 Å². The molecule has 0 bridgehead atoms. The van der Waals surface area contributed by atoms with Crippen molar-refractivity contribution in [2.45, 2.75) is 38.7 Å². The summed E-state index contributed by atoms with van der Waals surface area (Å²) in [6.07, 6.45) is -5.98. The molecule has 0 aliphatic carbocycles. The van der Waals surface area contributed by atoms with Crippen molar-refractivity contribution in [3.63, 3.8) is 0 Å². The van der Waals surface area contributed by atoms with Gasteiger partial charge in [0.25, 0.3) is 6.17 Å². The van der Waals surface area contributed by atoms with E-state index in [0.717, 1.165) is 6.07 Å². The highest BCUT2D eigenvalue weighted by Gasteiger charge is 2.52. The molecule has 0 fully saturated rings. The highest BCUT2D eigenvalue weighted by atomic mass is 19.4. The maximum atomic E-state index is 13.0. The fourth-order valence-electron chi connectivity index (χ4n) is 2.26. The van der Waals surface area contributed by atoms with Gasteiger partial charge in [0.05, 0.1) is 11.1 Å². The van der Waals surface area contributed by atoms with Gasteiger partial charge in [-0.2, -0.15) is 17.9 Å². The highest BCUT2D eigenvalue weighted by Crippen LogP contribution is 2.40. The van der Waals surface area contributed by atoms with Gasteiger partial charge >= 0.3 is 6.18 Å². The lowest BCUT2D eigenvalue weighted by atomic mass is 9.99. The molecule has 0 aromatic heterocycles. The summed E-state index contributed by atoms with van der Waals surface area (Å²) < 4.78 is 39.5. The Hall–Kier alpha value is -1.60. The molecule has 4 nitrogen and oxygen atoms in total. The quantitative estimate of drug-likeness (QED) is 0.638. The second kappa shape index (κ2) is 4.46. The lowest BCUT2D eigenvalue weighted by Crippen LogP contribution is -2.43. The van der Waals surface area contributed by atoms with Crippen LogP contribution < -0.4 is 0 Å². The second-order valence-electron chi connectivity index (χ2n) is 5.27. The summed E-state index contributed by atoms with van der Waals surface area (Å²) in [5.74, 6) is 0. The summed E-state index contributed by atoms with van der Waals surface area (Å²) in [6.45, 7) is 4.64. The minimum Gasteiger partial charge on any atom is -0.622 e. The SMILES string of the molecule is CC1=[N+]([O-])[C@@H](c2ccccc2C(F)(F)F)N(O)C1(C)C. The monoisotopic (exact) mass is 288 g/mol. The van der Waals surface area contributed by atoms with E-state index >= 15 is 0 Å². The Bertz CT molecular complexity index is 567. The Kier molecular flexibility index (Phi) is 3.30. The number of benzene rings is 1. The van der Waals surface area contributed by atoms with Crippen molar-refractivity contribution in [1.29, 1.82) is 0 Å². The van der Waals surface area contributed by atoms with Gasteiger partial charge in [-0.15, -0.1) is 5.06 Å². The van der Waals surface area contributed by atoms with Gasteiger partial charge in [-0.1, -0.05) is 18.2 Å². The Labute approximate surface area is 114 Å². The number of rotatable bonds is 1. The molecule has 110 valence electrons. The van der Waals surface area contributed by atoms with Crippen LogP contribution >= 0.6 is 0 Å². The molecule has 1 N–H and O–H groups in total. The van der Waals surface area contributed by atoms with Crippen molar-refractivity contribution in [2.75, 3.05) is 0 Å². The second-order valence-corrected chi connectivity index (χ2v) is 5.27. The predicted molar refractivity (Wildman–Crippen MR) is 66.2 cm³/mol. The maximum absolute atomic E-state index is 13.0. The Balaban J connectivity index is 2.60. The first-order chi connectivity index (χ1) is 9.08. The lowest BCUT2D eigenvalue weighted by molar-refractivity contribution is -0.545. The van der Waals surface area contributed by atoms with E-state index in [1.807, 2.05) is 0 Å². The molecule has 1 heterocycles. The van der Waals surface area contributed by atoms with Gasteiger partial charge < -0.3 is 10.4 Å². The highest BCUT2D eigenvalue weighted by molar-refractivity contribution is 5.87. The molecule has 20 heavy (non-hydrogen) atoms. The molecule has 0 radical (unpaired) electrons. The molecule has 1 aromatic rings. The molecule has 0 unspecified atom stereocenters. The van der Waals surface area contributed by atoms with Crippen LogP contribution in [0.4, 0.5) is 13.2 Å². The molecule has 1 aliphatic heterocycles. The van der Waals surface area contributed by atoms with E-state index in [1.165, 1.54) is 25.1 Å². The van der Waals surface area contributed by atoms with Gasteiger partial charge in [-0.3, -0.25) is 0 Å². The molecule has 0 saturated heterocycles. The molecule has 7 heteroatoms. The van der Waals surface area contributed by atoms with Crippen LogP contribution in [-0.4, -0.2) is 26.3 Å². The fraction of sp³-hybridized carbons (Fsp3) is 0.462. The smallest absolute Gasteiger partial charge is 0.416 e. The zero-order valence-corrected chi connectivity index (χ0v) is 11.3. The van der Waals surface area contributed by atoms with E-state index in [9.17, 15) is 23.6 Å². The maximum Gasteiger partial charge on any atom is 0.416 e. The third-order valence-corrected chi connectivity index (χ3v) is 3.79. The van der Waals surface area contributed by atoms with E-state index in [2.05, 4.69) is 0 Å². The topological polar surface area (TPSA) is 49.5 Å². The number of hydrogen-bond donors (Lipinski definition) is 1. The molecule has 0 spiro atoms. The van der Waals surface area contributed by atoms with Crippen LogP contribution in [0.15, 0.2) is 24.3 Å². The van der Waals surface area contributed by atoms with Gasteiger partial charge in [0.15, 0.2) is 5.71 Å². The zero-order valence-electron chi connectivity index (χ0n) is 11.3. The van der Waals surface area contributed by atoms with Crippen molar-refractivity contribution in [2.24, 2.45) is 0 Å². The number of halogens is 3. The molecule has 1 aromatic carbocycles. The van der Waals surface area contributed by atoms with E-state index in [1.54, 1.807) is 13.8 Å². The van der Waals surface area contributed by atoms with Gasteiger partial charge in [-0.25, -0.2) is 0 Å². The summed E-state index contributed by atoms with van der Waals surface area (Å²) >= 11 is 0. The van der Waals surface area contributed by atoms with Crippen LogP contribution in [0, 0.1) is 5.21 Å². The van der Waals surface area contributed by atoms with Crippen molar-refractivity contribution in [3.05, 3.63) is 40.6 Å². The first-order valence-corrected chi connectivity index (χ1v) is 6.03. The van der Waals surface area contributed by atoms with Crippen LogP contribution in [0.25, 0.3) is 0 Å². The van der Waals surface area contributed by atoms with Crippen LogP contribution in [-0.2, 0) is 6.18 Å². The third kappa shape index (κ3) is 2.06. The molecular formula is C13H15F3N2O2. The summed E-state index contributed by atoms with van der Waals surface area (Å²) in [5.41, 5.74) is -1.95. The van der Waals surface area contributed by atoms with Crippen molar-refractivity contribution in [1.82, 2.24) is 5.06 Å². The first kappa shape index (κ1) is 14.8. The normalized spacial score (nSPS) is 23.4. The summed E-state index contributed by atoms with van der Waals surface area (Å²) in [7, 11) is 0. The van der Waals surface area contributed by atoms with Gasteiger partial charge in [0, 0.05) is 6.92 Å². The average molecular weight is 288 g/mol. The largest absolute Gasteiger partial charge is 0.622 e. The van der Waals surface area contributed by atoms with Crippen molar-refractivity contribution in [3.8, 4) is 0 Å². The number of hydroxylamine groups is 3. The molecule has 2 rings (SSSR count). The van der Waals surface area contributed by atoms with Gasteiger partial charge in [0.2, 0.25) is 0 Å². The summed E-state index contributed by atoms with van der Waals surface area (Å²) in [4.78, 5) is 0. The number of hydrogen-bond acceptors (Lipinski definition) is 3.